The number of hydrogen-bond acceptors (Lipinski definition) is 3. The van der Waals surface area contributed by atoms with Crippen molar-refractivity contribution in [1.29, 1.82) is 0 Å². The molecule has 4 heterocycles. The van der Waals surface area contributed by atoms with Crippen molar-refractivity contribution < 1.29 is 0 Å². The van der Waals surface area contributed by atoms with Crippen molar-refractivity contribution in [1.82, 2.24) is 15.3 Å². The van der Waals surface area contributed by atoms with E-state index < -0.39 is 0 Å². The standard InChI is InChI=1S/C16H16ClN3.CH4/c17-16-6-10(3-4-19-16)11-5-12(9-18-8-11)14-7-13-1-2-15(14)20-13;/h3-6,8-9,13-15,20H,1-2,7H2;1H4. The molecule has 0 aliphatic carbocycles. The van der Waals surface area contributed by atoms with Crippen LogP contribution in [-0.2, 0) is 0 Å². The summed E-state index contributed by atoms with van der Waals surface area (Å²) in [5.74, 6) is 0.610. The number of fused-ring (bicyclic) bond motifs is 2. The molecule has 4 heteroatoms. The molecule has 3 unspecified atom stereocenters. The molecule has 2 aromatic rings. The normalized spacial score (nSPS) is 26.6. The van der Waals surface area contributed by atoms with Crippen LogP contribution in [0.25, 0.3) is 11.1 Å². The zero-order valence-electron chi connectivity index (χ0n) is 11.1. The van der Waals surface area contributed by atoms with Gasteiger partial charge in [0.25, 0.3) is 0 Å². The van der Waals surface area contributed by atoms with Gasteiger partial charge in [-0.05, 0) is 48.6 Å². The van der Waals surface area contributed by atoms with Gasteiger partial charge in [0.05, 0.1) is 0 Å². The third kappa shape index (κ3) is 2.68. The Labute approximate surface area is 130 Å². The lowest BCUT2D eigenvalue weighted by molar-refractivity contribution is 0.505. The van der Waals surface area contributed by atoms with Crippen molar-refractivity contribution in [2.24, 2.45) is 0 Å². The van der Waals surface area contributed by atoms with Gasteiger partial charge in [-0.15, -0.1) is 0 Å². The van der Waals surface area contributed by atoms with Crippen LogP contribution in [0.4, 0.5) is 0 Å². The second-order valence-corrected chi connectivity index (χ2v) is 6.15. The topological polar surface area (TPSA) is 37.8 Å². The van der Waals surface area contributed by atoms with Crippen LogP contribution in [0, 0.1) is 0 Å². The molecular weight excluding hydrogens is 282 g/mol. The number of nitrogens with one attached hydrogen (secondary N) is 1. The molecule has 0 aromatic carbocycles. The molecule has 2 fully saturated rings. The van der Waals surface area contributed by atoms with E-state index in [1.54, 1.807) is 6.20 Å². The number of pyridine rings is 2. The molecule has 2 aliphatic heterocycles. The Morgan fingerprint density at radius 1 is 1.14 bits per heavy atom. The van der Waals surface area contributed by atoms with E-state index in [4.69, 9.17) is 11.6 Å². The Balaban J connectivity index is 0.00000132. The third-order valence-corrected chi connectivity index (χ3v) is 4.75. The summed E-state index contributed by atoms with van der Waals surface area (Å²) in [6.07, 6.45) is 9.51. The molecule has 21 heavy (non-hydrogen) atoms. The van der Waals surface area contributed by atoms with Crippen LogP contribution in [0.3, 0.4) is 0 Å². The van der Waals surface area contributed by atoms with Crippen LogP contribution in [0.15, 0.2) is 36.8 Å². The predicted molar refractivity (Wildman–Crippen MR) is 86.5 cm³/mol. The lowest BCUT2D eigenvalue weighted by atomic mass is 9.84. The second kappa shape index (κ2) is 5.74. The molecule has 0 radical (unpaired) electrons. The fraction of sp³-hybridized carbons (Fsp3) is 0.412. The van der Waals surface area contributed by atoms with E-state index in [-0.39, 0.29) is 7.43 Å². The van der Waals surface area contributed by atoms with Crippen LogP contribution in [0.2, 0.25) is 5.15 Å². The van der Waals surface area contributed by atoms with Gasteiger partial charge >= 0.3 is 0 Å². The van der Waals surface area contributed by atoms with Gasteiger partial charge in [0.15, 0.2) is 0 Å². The fourth-order valence-corrected chi connectivity index (χ4v) is 3.77. The van der Waals surface area contributed by atoms with E-state index in [0.29, 0.717) is 23.2 Å². The van der Waals surface area contributed by atoms with Gasteiger partial charge in [-0.25, -0.2) is 4.98 Å². The Morgan fingerprint density at radius 2 is 2.05 bits per heavy atom. The maximum Gasteiger partial charge on any atom is 0.129 e. The van der Waals surface area contributed by atoms with Gasteiger partial charge in [-0.2, -0.15) is 0 Å². The van der Waals surface area contributed by atoms with Gasteiger partial charge < -0.3 is 5.32 Å². The molecule has 0 spiro atoms. The van der Waals surface area contributed by atoms with Crippen LogP contribution in [0.5, 0.6) is 0 Å². The first-order chi connectivity index (χ1) is 9.79. The highest BCUT2D eigenvalue weighted by molar-refractivity contribution is 6.29. The van der Waals surface area contributed by atoms with Crippen LogP contribution < -0.4 is 5.32 Å². The molecule has 4 rings (SSSR count). The number of rotatable bonds is 2. The zero-order valence-corrected chi connectivity index (χ0v) is 11.8. The maximum absolute atomic E-state index is 5.97. The molecule has 2 saturated heterocycles. The van der Waals surface area contributed by atoms with Crippen molar-refractivity contribution in [3.63, 3.8) is 0 Å². The van der Waals surface area contributed by atoms with Gasteiger partial charge in [0.1, 0.15) is 5.15 Å². The highest BCUT2D eigenvalue weighted by atomic mass is 35.5. The van der Waals surface area contributed by atoms with Crippen LogP contribution >= 0.6 is 11.6 Å². The number of aromatic nitrogens is 2. The van der Waals surface area contributed by atoms with E-state index in [9.17, 15) is 0 Å². The molecular formula is C17H20ClN3. The minimum Gasteiger partial charge on any atom is -0.311 e. The second-order valence-electron chi connectivity index (χ2n) is 5.76. The Morgan fingerprint density at radius 3 is 2.76 bits per heavy atom. The van der Waals surface area contributed by atoms with Crippen molar-refractivity contribution in [3.05, 3.63) is 47.5 Å². The molecule has 0 saturated carbocycles. The van der Waals surface area contributed by atoms with Crippen LogP contribution in [0.1, 0.15) is 38.2 Å². The van der Waals surface area contributed by atoms with Gasteiger partial charge in [0, 0.05) is 42.2 Å². The molecule has 110 valence electrons. The molecule has 2 aromatic heterocycles. The Bertz CT molecular complexity index is 643. The number of halogens is 1. The predicted octanol–water partition coefficient (Wildman–Crippen LogP) is 4.04. The quantitative estimate of drug-likeness (QED) is 0.851. The maximum atomic E-state index is 5.97. The summed E-state index contributed by atoms with van der Waals surface area (Å²) in [5.41, 5.74) is 3.54. The molecule has 0 amide bonds. The first-order valence-corrected chi connectivity index (χ1v) is 7.50. The lowest BCUT2D eigenvalue weighted by Gasteiger charge is -2.20. The number of nitrogens with zero attached hydrogens (tertiary/aromatic N) is 2. The van der Waals surface area contributed by atoms with Crippen LogP contribution in [-0.4, -0.2) is 22.1 Å². The first-order valence-electron chi connectivity index (χ1n) is 7.12. The van der Waals surface area contributed by atoms with E-state index in [1.165, 1.54) is 24.8 Å². The molecule has 3 atom stereocenters. The summed E-state index contributed by atoms with van der Waals surface area (Å²) in [5, 5.41) is 4.21. The van der Waals surface area contributed by atoms with Gasteiger partial charge in [-0.3, -0.25) is 4.98 Å². The summed E-state index contributed by atoms with van der Waals surface area (Å²) >= 11 is 5.97. The highest BCUT2D eigenvalue weighted by Gasteiger charge is 2.39. The van der Waals surface area contributed by atoms with Gasteiger partial charge in [0.2, 0.25) is 0 Å². The fourth-order valence-electron chi connectivity index (χ4n) is 3.59. The molecule has 2 aliphatic rings. The highest BCUT2D eigenvalue weighted by Crippen LogP contribution is 2.40. The molecule has 2 bridgehead atoms. The van der Waals surface area contributed by atoms with Crippen molar-refractivity contribution in [2.75, 3.05) is 0 Å². The summed E-state index contributed by atoms with van der Waals surface area (Å²) in [7, 11) is 0. The minimum absolute atomic E-state index is 0. The van der Waals surface area contributed by atoms with Gasteiger partial charge in [-0.1, -0.05) is 19.0 Å². The third-order valence-electron chi connectivity index (χ3n) is 4.55. The SMILES string of the molecule is C.Clc1cc(-c2cncc(C3CC4CCC3N4)c2)ccn1. The monoisotopic (exact) mass is 301 g/mol. The van der Waals surface area contributed by atoms with Crippen molar-refractivity contribution >= 4 is 11.6 Å². The molecule has 1 N–H and O–H groups in total. The average Bonchev–Trinajstić information content (AvgIpc) is 3.10. The lowest BCUT2D eigenvalue weighted by Crippen LogP contribution is -2.21. The smallest absolute Gasteiger partial charge is 0.129 e. The Hall–Kier alpha value is -1.45. The summed E-state index contributed by atoms with van der Waals surface area (Å²) in [4.78, 5) is 8.46. The van der Waals surface area contributed by atoms with E-state index in [0.717, 1.165) is 11.1 Å². The van der Waals surface area contributed by atoms with E-state index in [2.05, 4.69) is 21.4 Å². The Kier molecular flexibility index (Phi) is 3.96. The summed E-state index contributed by atoms with van der Waals surface area (Å²) in [6.45, 7) is 0. The average molecular weight is 302 g/mol. The van der Waals surface area contributed by atoms with E-state index >= 15 is 0 Å². The summed E-state index contributed by atoms with van der Waals surface area (Å²) in [6, 6.07) is 7.47. The van der Waals surface area contributed by atoms with Crippen molar-refractivity contribution in [2.45, 2.75) is 44.7 Å². The largest absolute Gasteiger partial charge is 0.311 e. The number of hydrogen-bond donors (Lipinski definition) is 1. The minimum atomic E-state index is 0. The first kappa shape index (κ1) is 14.5. The molecule has 3 nitrogen and oxygen atoms in total. The zero-order chi connectivity index (χ0) is 13.5. The van der Waals surface area contributed by atoms with Crippen molar-refractivity contribution in [3.8, 4) is 11.1 Å². The summed E-state index contributed by atoms with van der Waals surface area (Å²) < 4.78 is 0. The van der Waals surface area contributed by atoms with E-state index in [1.807, 2.05) is 24.5 Å².